The van der Waals surface area contributed by atoms with Crippen LogP contribution in [-0.4, -0.2) is 25.4 Å². The molecule has 2 aliphatic carbocycles. The van der Waals surface area contributed by atoms with E-state index in [0.717, 1.165) is 37.9 Å². The molecule has 0 aromatic heterocycles. The predicted octanol–water partition coefficient (Wildman–Crippen LogP) is 3.32. The first-order valence-corrected chi connectivity index (χ1v) is 7.31. The van der Waals surface area contributed by atoms with Crippen LogP contribution >= 0.6 is 0 Å². The van der Waals surface area contributed by atoms with Crippen molar-refractivity contribution in [2.24, 2.45) is 11.8 Å². The molecule has 0 N–H and O–H groups in total. The zero-order valence-electron chi connectivity index (χ0n) is 10.6. The van der Waals surface area contributed by atoms with E-state index in [1.807, 2.05) is 0 Å². The standard InChI is InChI=1S/C9H14.C6H10O2/c1-2-5-9-7-3-6-8(9)4-1;1-3-7-6-2-4-8-5(1)6/h1-2,8-9H,3-7H2;5-6H,1-4H2. The van der Waals surface area contributed by atoms with E-state index in [9.17, 15) is 0 Å². The van der Waals surface area contributed by atoms with E-state index in [-0.39, 0.29) is 0 Å². The van der Waals surface area contributed by atoms with E-state index in [1.54, 1.807) is 0 Å². The Morgan fingerprint density at radius 1 is 0.706 bits per heavy atom. The van der Waals surface area contributed by atoms with Crippen molar-refractivity contribution in [3.05, 3.63) is 12.2 Å². The highest BCUT2D eigenvalue weighted by atomic mass is 16.6. The second-order valence-electron chi connectivity index (χ2n) is 5.79. The summed E-state index contributed by atoms with van der Waals surface area (Å²) in [5.74, 6) is 2.16. The number of rotatable bonds is 0. The van der Waals surface area contributed by atoms with Gasteiger partial charge >= 0.3 is 0 Å². The third kappa shape index (κ3) is 2.74. The first-order chi connectivity index (χ1) is 8.43. The van der Waals surface area contributed by atoms with Crippen LogP contribution in [0.25, 0.3) is 0 Å². The molecule has 4 unspecified atom stereocenters. The normalized spacial score (nSPS) is 42.8. The zero-order chi connectivity index (χ0) is 11.5. The molecule has 0 amide bonds. The molecule has 4 aliphatic rings. The quantitative estimate of drug-likeness (QED) is 0.601. The van der Waals surface area contributed by atoms with Crippen molar-refractivity contribution in [2.75, 3.05) is 13.2 Å². The summed E-state index contributed by atoms with van der Waals surface area (Å²) in [5.41, 5.74) is 0. The van der Waals surface area contributed by atoms with Gasteiger partial charge in [-0.2, -0.15) is 0 Å². The Balaban J connectivity index is 0.000000107. The Kier molecular flexibility index (Phi) is 3.82. The molecule has 4 atom stereocenters. The molecule has 2 heteroatoms. The second-order valence-corrected chi connectivity index (χ2v) is 5.79. The molecule has 4 rings (SSSR count). The first kappa shape index (κ1) is 11.7. The van der Waals surface area contributed by atoms with E-state index in [0.29, 0.717) is 12.2 Å². The summed E-state index contributed by atoms with van der Waals surface area (Å²) >= 11 is 0. The molecule has 17 heavy (non-hydrogen) atoms. The molecule has 1 saturated carbocycles. The van der Waals surface area contributed by atoms with Crippen LogP contribution in [0.2, 0.25) is 0 Å². The minimum atomic E-state index is 0.454. The maximum absolute atomic E-state index is 5.35. The van der Waals surface area contributed by atoms with Gasteiger partial charge in [-0.3, -0.25) is 0 Å². The number of allylic oxidation sites excluding steroid dienone is 2. The minimum Gasteiger partial charge on any atom is -0.375 e. The fourth-order valence-corrected chi connectivity index (χ4v) is 3.70. The van der Waals surface area contributed by atoms with Gasteiger partial charge in [-0.05, 0) is 50.4 Å². The SMILES string of the molecule is C1=CCC2CCCC2C1.C1CC2OCCC2O1. The third-order valence-corrected chi connectivity index (χ3v) is 4.74. The Hall–Kier alpha value is -0.340. The monoisotopic (exact) mass is 236 g/mol. The van der Waals surface area contributed by atoms with Crippen LogP contribution in [0.1, 0.15) is 44.9 Å². The second kappa shape index (κ2) is 5.53. The van der Waals surface area contributed by atoms with Crippen molar-refractivity contribution in [1.82, 2.24) is 0 Å². The van der Waals surface area contributed by atoms with Gasteiger partial charge in [-0.15, -0.1) is 0 Å². The van der Waals surface area contributed by atoms with Gasteiger partial charge in [0.15, 0.2) is 0 Å². The number of ether oxygens (including phenoxy) is 2. The molecule has 96 valence electrons. The summed E-state index contributed by atoms with van der Waals surface area (Å²) in [7, 11) is 0. The van der Waals surface area contributed by atoms with Gasteiger partial charge in [0.2, 0.25) is 0 Å². The Bertz CT molecular complexity index is 240. The van der Waals surface area contributed by atoms with Crippen molar-refractivity contribution >= 4 is 0 Å². The Morgan fingerprint density at radius 2 is 1.24 bits per heavy atom. The topological polar surface area (TPSA) is 18.5 Å². The van der Waals surface area contributed by atoms with Crippen LogP contribution in [0.5, 0.6) is 0 Å². The summed E-state index contributed by atoms with van der Waals surface area (Å²) in [6.45, 7) is 1.82. The van der Waals surface area contributed by atoms with E-state index in [2.05, 4.69) is 12.2 Å². The Labute approximate surface area is 104 Å². The highest BCUT2D eigenvalue weighted by Crippen LogP contribution is 2.39. The van der Waals surface area contributed by atoms with E-state index in [1.165, 1.54) is 32.1 Å². The Morgan fingerprint density at radius 3 is 1.76 bits per heavy atom. The van der Waals surface area contributed by atoms with Gasteiger partial charge in [-0.1, -0.05) is 18.6 Å². The molecular weight excluding hydrogens is 212 g/mol. The third-order valence-electron chi connectivity index (χ3n) is 4.74. The first-order valence-electron chi connectivity index (χ1n) is 7.31. The van der Waals surface area contributed by atoms with Crippen molar-refractivity contribution in [3.8, 4) is 0 Å². The largest absolute Gasteiger partial charge is 0.375 e. The molecule has 0 spiro atoms. The smallest absolute Gasteiger partial charge is 0.0859 e. The summed E-state index contributed by atoms with van der Waals surface area (Å²) in [4.78, 5) is 0. The molecule has 0 aromatic rings. The fraction of sp³-hybridized carbons (Fsp3) is 0.867. The van der Waals surface area contributed by atoms with Crippen molar-refractivity contribution in [3.63, 3.8) is 0 Å². The lowest BCUT2D eigenvalue weighted by Crippen LogP contribution is -2.13. The van der Waals surface area contributed by atoms with E-state index < -0.39 is 0 Å². The maximum atomic E-state index is 5.35. The highest BCUT2D eigenvalue weighted by molar-refractivity contribution is 4.96. The summed E-state index contributed by atoms with van der Waals surface area (Å²) in [6, 6.07) is 0. The summed E-state index contributed by atoms with van der Waals surface area (Å²) in [5, 5.41) is 0. The highest BCUT2D eigenvalue weighted by Gasteiger charge is 2.33. The molecule has 2 heterocycles. The van der Waals surface area contributed by atoms with Crippen molar-refractivity contribution in [2.45, 2.75) is 57.2 Å². The summed E-state index contributed by atoms with van der Waals surface area (Å²) in [6.07, 6.45) is 15.1. The average Bonchev–Trinajstić information content (AvgIpc) is 3.06. The van der Waals surface area contributed by atoms with Gasteiger partial charge in [0.05, 0.1) is 12.2 Å². The van der Waals surface area contributed by atoms with Gasteiger partial charge < -0.3 is 9.47 Å². The van der Waals surface area contributed by atoms with Crippen LogP contribution in [-0.2, 0) is 9.47 Å². The minimum absolute atomic E-state index is 0.454. The van der Waals surface area contributed by atoms with Crippen LogP contribution in [0.4, 0.5) is 0 Å². The van der Waals surface area contributed by atoms with Gasteiger partial charge in [0.25, 0.3) is 0 Å². The van der Waals surface area contributed by atoms with Crippen molar-refractivity contribution in [1.29, 1.82) is 0 Å². The maximum Gasteiger partial charge on any atom is 0.0859 e. The lowest BCUT2D eigenvalue weighted by atomic mass is 9.86. The molecule has 2 aliphatic heterocycles. The van der Waals surface area contributed by atoms with Crippen LogP contribution < -0.4 is 0 Å². The molecule has 0 aromatic carbocycles. The average molecular weight is 236 g/mol. The fourth-order valence-electron chi connectivity index (χ4n) is 3.70. The van der Waals surface area contributed by atoms with Crippen LogP contribution in [0.3, 0.4) is 0 Å². The lowest BCUT2D eigenvalue weighted by molar-refractivity contribution is 0.0732. The lowest BCUT2D eigenvalue weighted by Gasteiger charge is -2.19. The van der Waals surface area contributed by atoms with E-state index >= 15 is 0 Å². The summed E-state index contributed by atoms with van der Waals surface area (Å²) < 4.78 is 10.7. The van der Waals surface area contributed by atoms with Crippen LogP contribution in [0.15, 0.2) is 12.2 Å². The zero-order valence-corrected chi connectivity index (χ0v) is 10.6. The number of hydrogen-bond donors (Lipinski definition) is 0. The van der Waals surface area contributed by atoms with Crippen LogP contribution in [0, 0.1) is 11.8 Å². The molecule has 2 saturated heterocycles. The van der Waals surface area contributed by atoms with Gasteiger partial charge in [-0.25, -0.2) is 0 Å². The number of hydrogen-bond acceptors (Lipinski definition) is 2. The molecule has 0 bridgehead atoms. The molecule has 2 nitrogen and oxygen atoms in total. The molecular formula is C15H24O2. The van der Waals surface area contributed by atoms with Gasteiger partial charge in [0.1, 0.15) is 0 Å². The number of fused-ring (bicyclic) bond motifs is 2. The van der Waals surface area contributed by atoms with Gasteiger partial charge in [0, 0.05) is 13.2 Å². The molecule has 3 fully saturated rings. The van der Waals surface area contributed by atoms with E-state index in [4.69, 9.17) is 9.47 Å². The predicted molar refractivity (Wildman–Crippen MR) is 67.9 cm³/mol. The van der Waals surface area contributed by atoms with Crippen molar-refractivity contribution < 1.29 is 9.47 Å². The molecule has 0 radical (unpaired) electrons.